The van der Waals surface area contributed by atoms with Gasteiger partial charge in [-0.25, -0.2) is 19.2 Å². The van der Waals surface area contributed by atoms with Gasteiger partial charge in [-0.3, -0.25) is 0 Å². The molecule has 0 saturated carbocycles. The van der Waals surface area contributed by atoms with Crippen LogP contribution in [0.4, 0.5) is 0 Å². The molecule has 0 aliphatic carbocycles. The number of aromatic hydroxyl groups is 1. The van der Waals surface area contributed by atoms with E-state index in [4.69, 9.17) is 51.5 Å². The highest BCUT2D eigenvalue weighted by atomic mass is 16.7. The van der Waals surface area contributed by atoms with E-state index in [1.165, 1.54) is 26.4 Å². The molecular formula is C61H64N2O18. The highest BCUT2D eigenvalue weighted by Gasteiger charge is 2.55. The maximum absolute atomic E-state index is 13.0. The fourth-order valence-electron chi connectivity index (χ4n) is 10.2. The first-order chi connectivity index (χ1) is 38.6. The molecule has 4 aromatic heterocycles. The van der Waals surface area contributed by atoms with Gasteiger partial charge >= 0.3 is 23.2 Å². The van der Waals surface area contributed by atoms with Crippen LogP contribution in [0.25, 0.3) is 21.9 Å². The van der Waals surface area contributed by atoms with E-state index in [2.05, 4.69) is 9.97 Å². The number of hydrogen-bond acceptors (Lipinski definition) is 18. The normalized spacial score (nSPS) is 22.1. The van der Waals surface area contributed by atoms with Crippen molar-refractivity contribution in [1.82, 2.24) is 9.97 Å². The Morgan fingerprint density at radius 1 is 0.556 bits per heavy atom. The molecule has 0 radical (unpaired) electrons. The van der Waals surface area contributed by atoms with E-state index in [1.54, 1.807) is 90.9 Å². The molecule has 8 aromatic rings. The van der Waals surface area contributed by atoms with Gasteiger partial charge in [0.25, 0.3) is 0 Å². The van der Waals surface area contributed by atoms with Crippen molar-refractivity contribution in [1.29, 1.82) is 0 Å². The maximum atomic E-state index is 13.0. The van der Waals surface area contributed by atoms with Gasteiger partial charge in [-0.05, 0) is 115 Å². The summed E-state index contributed by atoms with van der Waals surface area (Å²) in [6.45, 7) is 14.0. The van der Waals surface area contributed by atoms with Crippen LogP contribution in [-0.4, -0.2) is 112 Å². The minimum absolute atomic E-state index is 0.145. The molecule has 20 heteroatoms. The monoisotopic (exact) mass is 1110 g/mol. The highest BCUT2D eigenvalue weighted by molar-refractivity contribution is 5.89. The number of methoxy groups -OCH3 is 2. The second kappa shape index (κ2) is 23.5. The first kappa shape index (κ1) is 57.4. The molecule has 426 valence electrons. The van der Waals surface area contributed by atoms with Crippen molar-refractivity contribution < 1.29 is 76.4 Å². The molecule has 8 unspecified atom stereocenters. The Bertz CT molecular complexity index is 3620. The number of fused-ring (bicyclic) bond motifs is 2. The van der Waals surface area contributed by atoms with Crippen LogP contribution >= 0.6 is 0 Å². The minimum atomic E-state index is -1.43. The molecule has 8 atom stereocenters. The second-order valence-electron chi connectivity index (χ2n) is 20.9. The summed E-state index contributed by atoms with van der Waals surface area (Å²) in [5, 5.41) is 33.4. The number of carbonyl (C=O) groups is 2. The number of nitrogens with one attached hydrogen (secondary N) is 2. The standard InChI is InChI=1S/C37H37NO9.C24H27NO9/c1-21-16-18-26(38-21)35(41)46-33-30(40)36(47-37(3,4)34(33)42-5)44-27-19-17-25-28(20-29(39)45-31(25)22(27)2)43-32(23-12-8-6-9-13-23)24-14-10-7-11-15-24;1-11-6-8-14(25-11)22(29)33-20-18(28)23(34-24(3,4)21(20)30-5)31-16-9-7-13-15(26)10-17(27)32-19(13)12(16)2/h6-20,30,32-34,36,38,40H,1-5H3;6-10,18,20-21,23,25-26,28H,1-5H3. The zero-order valence-electron chi connectivity index (χ0n) is 46.2. The van der Waals surface area contributed by atoms with Gasteiger partial charge in [0.1, 0.15) is 63.9 Å². The summed E-state index contributed by atoms with van der Waals surface area (Å²) in [6, 6.07) is 35.0. The summed E-state index contributed by atoms with van der Waals surface area (Å²) in [5.41, 5.74) is 1.84. The van der Waals surface area contributed by atoms with Crippen LogP contribution in [0.2, 0.25) is 0 Å². The zero-order chi connectivity index (χ0) is 58.1. The number of hydrogen-bond donors (Lipinski definition) is 5. The van der Waals surface area contributed by atoms with Gasteiger partial charge in [-0.15, -0.1) is 0 Å². The molecule has 2 saturated heterocycles. The smallest absolute Gasteiger partial charge is 0.355 e. The minimum Gasteiger partial charge on any atom is -0.507 e. The molecule has 2 aliphatic heterocycles. The van der Waals surface area contributed by atoms with Gasteiger partial charge in [0.15, 0.2) is 24.4 Å². The molecule has 0 amide bonds. The predicted octanol–water partition coefficient (Wildman–Crippen LogP) is 8.58. The van der Waals surface area contributed by atoms with Gasteiger partial charge in [0.2, 0.25) is 12.6 Å². The SMILES string of the molecule is COC1C(OC(=O)c2ccc(C)[nH]2)C(O)C(Oc2ccc3c(O)cc(=O)oc3c2C)OC1(C)C.COC1C(OC(=O)c2ccc(C)[nH]2)C(O)C(Oc2ccc3c(OC(c4ccccc4)c4ccccc4)cc(=O)oc3c2C)OC1(C)C. The third-order valence-electron chi connectivity index (χ3n) is 14.2. The molecule has 0 bridgehead atoms. The van der Waals surface area contributed by atoms with Gasteiger partial charge < -0.3 is 76.8 Å². The number of H-pyrrole nitrogens is 2. The van der Waals surface area contributed by atoms with E-state index in [0.29, 0.717) is 33.4 Å². The number of esters is 2. The Balaban J connectivity index is 0.000000206. The molecule has 2 aliphatic rings. The summed E-state index contributed by atoms with van der Waals surface area (Å²) in [4.78, 5) is 56.1. The Labute approximate surface area is 465 Å². The molecule has 20 nitrogen and oxygen atoms in total. The van der Waals surface area contributed by atoms with Crippen molar-refractivity contribution in [3.8, 4) is 23.0 Å². The third kappa shape index (κ3) is 12.1. The number of rotatable bonds is 14. The lowest BCUT2D eigenvalue weighted by molar-refractivity contribution is -0.305. The lowest BCUT2D eigenvalue weighted by Gasteiger charge is -2.47. The van der Waals surface area contributed by atoms with E-state index < -0.39 is 89.7 Å². The molecule has 2 fully saturated rings. The van der Waals surface area contributed by atoms with Gasteiger partial charge in [-0.1, -0.05) is 60.7 Å². The van der Waals surface area contributed by atoms with Crippen LogP contribution in [-0.2, 0) is 28.4 Å². The number of ether oxygens (including phenoxy) is 9. The summed E-state index contributed by atoms with van der Waals surface area (Å²) >= 11 is 0. The number of aromatic nitrogens is 2. The number of aryl methyl sites for hydroxylation is 4. The lowest BCUT2D eigenvalue weighted by atomic mass is 9.89. The highest BCUT2D eigenvalue weighted by Crippen LogP contribution is 2.41. The Hall–Kier alpha value is -8.24. The third-order valence-corrected chi connectivity index (χ3v) is 14.2. The quantitative estimate of drug-likeness (QED) is 0.0504. The van der Waals surface area contributed by atoms with Crippen LogP contribution < -0.4 is 25.5 Å². The van der Waals surface area contributed by atoms with E-state index in [-0.39, 0.29) is 34.1 Å². The Morgan fingerprint density at radius 2 is 0.975 bits per heavy atom. The maximum Gasteiger partial charge on any atom is 0.355 e. The number of carbonyl (C=O) groups excluding carboxylic acids is 2. The predicted molar refractivity (Wildman–Crippen MR) is 294 cm³/mol. The van der Waals surface area contributed by atoms with Crippen molar-refractivity contribution in [3.63, 3.8) is 0 Å². The van der Waals surface area contributed by atoms with Crippen LogP contribution in [0, 0.1) is 27.7 Å². The van der Waals surface area contributed by atoms with Crippen LogP contribution in [0.1, 0.15) is 88.4 Å². The van der Waals surface area contributed by atoms with Gasteiger partial charge in [0, 0.05) is 36.7 Å². The Kier molecular flexibility index (Phi) is 16.6. The first-order valence-electron chi connectivity index (χ1n) is 26.0. The topological polar surface area (TPSA) is 270 Å². The van der Waals surface area contributed by atoms with Gasteiger partial charge in [-0.2, -0.15) is 0 Å². The lowest BCUT2D eigenvalue weighted by Crippen LogP contribution is -2.65. The molecule has 10 rings (SSSR count). The largest absolute Gasteiger partial charge is 0.507 e. The van der Waals surface area contributed by atoms with E-state index in [9.17, 15) is 34.5 Å². The molecule has 0 spiro atoms. The molecule has 4 aromatic carbocycles. The second-order valence-corrected chi connectivity index (χ2v) is 20.9. The zero-order valence-corrected chi connectivity index (χ0v) is 46.2. The molecule has 81 heavy (non-hydrogen) atoms. The van der Waals surface area contributed by atoms with Gasteiger partial charge in [0.05, 0.1) is 34.1 Å². The van der Waals surface area contributed by atoms with E-state index >= 15 is 0 Å². The van der Waals surface area contributed by atoms with E-state index in [1.807, 2.05) is 67.6 Å². The van der Waals surface area contributed by atoms with Crippen molar-refractivity contribution in [2.24, 2.45) is 0 Å². The summed E-state index contributed by atoms with van der Waals surface area (Å²) in [6.07, 6.45) is -9.69. The van der Waals surface area contributed by atoms with Crippen LogP contribution in [0.15, 0.2) is 140 Å². The summed E-state index contributed by atoms with van der Waals surface area (Å²) in [5.74, 6) is -0.641. The van der Waals surface area contributed by atoms with Crippen molar-refractivity contribution in [2.75, 3.05) is 14.2 Å². The van der Waals surface area contributed by atoms with Crippen LogP contribution in [0.5, 0.6) is 23.0 Å². The fraction of sp³-hybridized carbons (Fsp3) is 0.344. The van der Waals surface area contributed by atoms with Crippen molar-refractivity contribution in [3.05, 3.63) is 187 Å². The average Bonchev–Trinajstić information content (AvgIpc) is 4.19. The molecular weight excluding hydrogens is 1050 g/mol. The number of aliphatic hydroxyl groups is 2. The summed E-state index contributed by atoms with van der Waals surface area (Å²) < 4.78 is 64.4. The average molecular weight is 1110 g/mol. The Morgan fingerprint density at radius 3 is 1.40 bits per heavy atom. The van der Waals surface area contributed by atoms with Crippen molar-refractivity contribution >= 4 is 33.9 Å². The number of aliphatic hydroxyl groups excluding tert-OH is 2. The molecule has 6 heterocycles. The van der Waals surface area contributed by atoms with Crippen LogP contribution in [0.3, 0.4) is 0 Å². The van der Waals surface area contributed by atoms with Crippen molar-refractivity contribution in [2.45, 2.75) is 122 Å². The number of benzene rings is 4. The number of aromatic amines is 2. The first-order valence-corrected chi connectivity index (χ1v) is 26.0. The van der Waals surface area contributed by atoms with E-state index in [0.717, 1.165) is 28.6 Å². The summed E-state index contributed by atoms with van der Waals surface area (Å²) in [7, 11) is 2.89. The molecule has 5 N–H and O–H groups in total. The fourth-order valence-corrected chi connectivity index (χ4v) is 10.2.